The van der Waals surface area contributed by atoms with E-state index in [1.165, 1.54) is 6.26 Å². The van der Waals surface area contributed by atoms with Crippen LogP contribution in [-0.2, 0) is 14.5 Å². The minimum Gasteiger partial charge on any atom is -0.379 e. The molecule has 0 aliphatic carbocycles. The van der Waals surface area contributed by atoms with Crippen molar-refractivity contribution < 1.29 is 8.95 Å². The van der Waals surface area contributed by atoms with Gasteiger partial charge in [0.25, 0.3) is 0 Å². The highest BCUT2D eigenvalue weighted by Gasteiger charge is 2.25. The number of nitrogens with one attached hydrogen (secondary N) is 1. The molecule has 1 rings (SSSR count). The zero-order valence-corrected chi connectivity index (χ0v) is 5.53. The maximum Gasteiger partial charge on any atom is 0.0891 e. The number of hydrogen-bond acceptors (Lipinski definition) is 3. The smallest absolute Gasteiger partial charge is 0.0891 e. The molecule has 1 fully saturated rings. The fourth-order valence-electron chi connectivity index (χ4n) is 0.474. The van der Waals surface area contributed by atoms with Gasteiger partial charge in [0.05, 0.1) is 18.5 Å². The number of hydrogen-bond donors (Lipinski definition) is 1. The molecule has 8 heavy (non-hydrogen) atoms. The van der Waals surface area contributed by atoms with Gasteiger partial charge >= 0.3 is 0 Å². The Labute approximate surface area is 49.0 Å². The van der Waals surface area contributed by atoms with Crippen molar-refractivity contribution in [2.45, 2.75) is 5.25 Å². The van der Waals surface area contributed by atoms with Crippen LogP contribution in [0.2, 0.25) is 0 Å². The van der Waals surface area contributed by atoms with Crippen LogP contribution in [-0.4, -0.2) is 28.9 Å². The summed E-state index contributed by atoms with van der Waals surface area (Å²) < 4.78 is 22.6. The molecule has 3 nitrogen and oxygen atoms in total. The SMILES string of the molecule is CS(=N)(=O)C1COC1. The second-order valence-electron chi connectivity index (χ2n) is 2.06. The Morgan fingerprint density at radius 1 is 1.75 bits per heavy atom. The van der Waals surface area contributed by atoms with Crippen LogP contribution in [0.3, 0.4) is 0 Å². The molecular formula is C4H9NO2S. The zero-order valence-electron chi connectivity index (χ0n) is 4.72. The van der Waals surface area contributed by atoms with E-state index in [0.717, 1.165) is 0 Å². The largest absolute Gasteiger partial charge is 0.379 e. The van der Waals surface area contributed by atoms with Gasteiger partial charge in [0.1, 0.15) is 0 Å². The molecule has 0 radical (unpaired) electrons. The summed E-state index contributed by atoms with van der Waals surface area (Å²) in [5, 5.41) is 0.00231. The van der Waals surface area contributed by atoms with Gasteiger partial charge in [-0.05, 0) is 0 Å². The summed E-state index contributed by atoms with van der Waals surface area (Å²) >= 11 is 0. The lowest BCUT2D eigenvalue weighted by Gasteiger charge is -2.25. The maximum atomic E-state index is 10.8. The topological polar surface area (TPSA) is 50.2 Å². The third-order valence-electron chi connectivity index (χ3n) is 1.24. The van der Waals surface area contributed by atoms with E-state index >= 15 is 0 Å². The van der Waals surface area contributed by atoms with Crippen LogP contribution in [0.1, 0.15) is 0 Å². The summed E-state index contributed by atoms with van der Waals surface area (Å²) in [4.78, 5) is 0. The van der Waals surface area contributed by atoms with Gasteiger partial charge in [-0.3, -0.25) is 4.78 Å². The second kappa shape index (κ2) is 1.70. The van der Waals surface area contributed by atoms with Crippen molar-refractivity contribution in [3.05, 3.63) is 0 Å². The third kappa shape index (κ3) is 1.00. The molecule has 0 saturated carbocycles. The van der Waals surface area contributed by atoms with Crippen molar-refractivity contribution in [3.63, 3.8) is 0 Å². The molecular weight excluding hydrogens is 126 g/mol. The molecule has 1 saturated heterocycles. The average Bonchev–Trinajstić information content (AvgIpc) is 1.16. The van der Waals surface area contributed by atoms with Crippen LogP contribution in [0.4, 0.5) is 0 Å². The van der Waals surface area contributed by atoms with Crippen LogP contribution in [0, 0.1) is 4.78 Å². The Morgan fingerprint density at radius 2 is 2.25 bits per heavy atom. The Balaban J connectivity index is 2.60. The second-order valence-corrected chi connectivity index (χ2v) is 4.54. The molecule has 1 aliphatic heterocycles. The highest BCUT2D eigenvalue weighted by atomic mass is 32.2. The van der Waals surface area contributed by atoms with E-state index in [9.17, 15) is 4.21 Å². The van der Waals surface area contributed by atoms with Gasteiger partial charge in [0.15, 0.2) is 0 Å². The predicted molar refractivity (Wildman–Crippen MR) is 31.4 cm³/mol. The van der Waals surface area contributed by atoms with Crippen molar-refractivity contribution in [2.75, 3.05) is 19.5 Å². The van der Waals surface area contributed by atoms with Crippen LogP contribution in [0.5, 0.6) is 0 Å². The molecule has 1 heterocycles. The van der Waals surface area contributed by atoms with Crippen molar-refractivity contribution in [1.29, 1.82) is 4.78 Å². The van der Waals surface area contributed by atoms with Crippen molar-refractivity contribution in [3.8, 4) is 0 Å². The van der Waals surface area contributed by atoms with E-state index in [2.05, 4.69) is 0 Å². The van der Waals surface area contributed by atoms with Gasteiger partial charge in [-0.2, -0.15) is 0 Å². The van der Waals surface area contributed by atoms with E-state index in [1.54, 1.807) is 0 Å². The van der Waals surface area contributed by atoms with Crippen LogP contribution in [0.15, 0.2) is 0 Å². The summed E-state index contributed by atoms with van der Waals surface area (Å²) in [5.74, 6) is 0. The molecule has 0 aromatic rings. The lowest BCUT2D eigenvalue weighted by atomic mass is 10.4. The summed E-state index contributed by atoms with van der Waals surface area (Å²) in [6.07, 6.45) is 1.46. The third-order valence-corrected chi connectivity index (χ3v) is 2.79. The summed E-state index contributed by atoms with van der Waals surface area (Å²) in [7, 11) is -2.29. The lowest BCUT2D eigenvalue weighted by Crippen LogP contribution is -2.39. The minimum atomic E-state index is -2.29. The Kier molecular flexibility index (Phi) is 1.28. The minimum absolute atomic E-state index is 0.00231. The van der Waals surface area contributed by atoms with Crippen molar-refractivity contribution in [2.24, 2.45) is 0 Å². The van der Waals surface area contributed by atoms with Gasteiger partial charge in [0, 0.05) is 16.0 Å². The predicted octanol–water partition coefficient (Wildman–Crippen LogP) is 0.0618. The van der Waals surface area contributed by atoms with Gasteiger partial charge in [-0.15, -0.1) is 0 Å². The average molecular weight is 135 g/mol. The first-order chi connectivity index (χ1) is 3.61. The molecule has 1 aliphatic rings. The molecule has 0 aromatic carbocycles. The molecule has 1 atom stereocenters. The quantitative estimate of drug-likeness (QED) is 0.552. The van der Waals surface area contributed by atoms with E-state index in [1.807, 2.05) is 0 Å². The zero-order chi connectivity index (χ0) is 6.20. The first kappa shape index (κ1) is 6.04. The van der Waals surface area contributed by atoms with Gasteiger partial charge in [0.2, 0.25) is 0 Å². The van der Waals surface area contributed by atoms with Crippen molar-refractivity contribution >= 4 is 9.73 Å². The van der Waals surface area contributed by atoms with Crippen LogP contribution in [0.25, 0.3) is 0 Å². The summed E-state index contributed by atoms with van der Waals surface area (Å²) in [5.41, 5.74) is 0. The highest BCUT2D eigenvalue weighted by molar-refractivity contribution is 7.92. The number of ether oxygens (including phenoxy) is 1. The van der Waals surface area contributed by atoms with Crippen LogP contribution < -0.4 is 0 Å². The van der Waals surface area contributed by atoms with Gasteiger partial charge in [-0.25, -0.2) is 4.21 Å². The molecule has 4 heteroatoms. The first-order valence-electron chi connectivity index (χ1n) is 2.41. The molecule has 0 bridgehead atoms. The Hall–Kier alpha value is -0.0900. The summed E-state index contributed by atoms with van der Waals surface area (Å²) in [6.45, 7) is 1.03. The number of rotatable bonds is 1. The van der Waals surface area contributed by atoms with E-state index < -0.39 is 9.73 Å². The Bertz CT molecular complexity index is 168. The van der Waals surface area contributed by atoms with Gasteiger partial charge < -0.3 is 4.74 Å². The molecule has 0 spiro atoms. The monoisotopic (exact) mass is 135 g/mol. The lowest BCUT2D eigenvalue weighted by molar-refractivity contribution is 0.0430. The fraction of sp³-hybridized carbons (Fsp3) is 1.00. The standard InChI is InChI=1S/C4H9NO2S/c1-8(5,6)4-2-7-3-4/h4-5H,2-3H2,1H3. The fourth-order valence-corrected chi connectivity index (χ4v) is 1.19. The molecule has 0 aromatic heterocycles. The molecule has 1 unspecified atom stereocenters. The van der Waals surface area contributed by atoms with E-state index in [4.69, 9.17) is 9.52 Å². The Morgan fingerprint density at radius 3 is 2.25 bits per heavy atom. The molecule has 0 amide bonds. The van der Waals surface area contributed by atoms with E-state index in [-0.39, 0.29) is 5.25 Å². The highest BCUT2D eigenvalue weighted by Crippen LogP contribution is 2.09. The summed E-state index contributed by atoms with van der Waals surface area (Å²) in [6, 6.07) is 0. The van der Waals surface area contributed by atoms with Crippen molar-refractivity contribution in [1.82, 2.24) is 0 Å². The molecule has 1 N–H and O–H groups in total. The normalized spacial score (nSPS) is 28.6. The maximum absolute atomic E-state index is 10.8. The van der Waals surface area contributed by atoms with Gasteiger partial charge in [-0.1, -0.05) is 0 Å². The van der Waals surface area contributed by atoms with E-state index in [0.29, 0.717) is 13.2 Å². The van der Waals surface area contributed by atoms with Crippen LogP contribution >= 0.6 is 0 Å². The molecule has 48 valence electrons. The first-order valence-corrected chi connectivity index (χ1v) is 4.44.